The summed E-state index contributed by atoms with van der Waals surface area (Å²) in [4.78, 5) is 37.0. The molecule has 0 amide bonds. The standard InChI is InChI=1S/C29H43F6NO7/c1-18(23(38)41-16-25(2,3)17-42-24(39)27(40,28(30,31)32)29(33,34)35)13-19-7-6-8-20(14-19)15-22(37)43-26(4,5)21-9-11-36-12-10-21/h13,19-21,36,40H,6-12,14-17H2,1-5H3/b18-13+. The van der Waals surface area contributed by atoms with E-state index in [1.54, 1.807) is 6.08 Å². The summed E-state index contributed by atoms with van der Waals surface area (Å²) in [6.07, 6.45) is -5.69. The quantitative estimate of drug-likeness (QED) is 0.135. The number of piperidine rings is 1. The van der Waals surface area contributed by atoms with Gasteiger partial charge in [0.05, 0.1) is 13.2 Å². The first-order chi connectivity index (χ1) is 19.6. The normalized spacial score (nSPS) is 21.7. The molecule has 1 aliphatic carbocycles. The topological polar surface area (TPSA) is 111 Å². The molecule has 1 aliphatic heterocycles. The minimum atomic E-state index is -6.36. The van der Waals surface area contributed by atoms with E-state index in [1.807, 2.05) is 13.8 Å². The average Bonchev–Trinajstić information content (AvgIpc) is 2.89. The molecular formula is C29H43F6NO7. The van der Waals surface area contributed by atoms with Crippen molar-refractivity contribution >= 4 is 17.9 Å². The summed E-state index contributed by atoms with van der Waals surface area (Å²) < 4.78 is 92.4. The van der Waals surface area contributed by atoms with Gasteiger partial charge in [0.25, 0.3) is 0 Å². The average molecular weight is 632 g/mol. The number of hydrogen-bond donors (Lipinski definition) is 2. The zero-order valence-electron chi connectivity index (χ0n) is 25.3. The molecule has 43 heavy (non-hydrogen) atoms. The summed E-state index contributed by atoms with van der Waals surface area (Å²) in [7, 11) is 0. The lowest BCUT2D eigenvalue weighted by Gasteiger charge is -2.37. The van der Waals surface area contributed by atoms with Crippen LogP contribution in [-0.2, 0) is 28.6 Å². The number of carbonyl (C=O) groups is 3. The lowest BCUT2D eigenvalue weighted by molar-refractivity contribution is -0.357. The largest absolute Gasteiger partial charge is 0.462 e. The summed E-state index contributed by atoms with van der Waals surface area (Å²) in [5.41, 5.74) is -7.37. The number of allylic oxidation sites excluding steroid dienone is 1. The molecule has 1 saturated heterocycles. The van der Waals surface area contributed by atoms with Crippen molar-refractivity contribution in [3.63, 3.8) is 0 Å². The van der Waals surface area contributed by atoms with Gasteiger partial charge >= 0.3 is 35.9 Å². The number of hydrogen-bond acceptors (Lipinski definition) is 8. The fourth-order valence-electron chi connectivity index (χ4n) is 5.44. The summed E-state index contributed by atoms with van der Waals surface area (Å²) >= 11 is 0. The Morgan fingerprint density at radius 3 is 2.00 bits per heavy atom. The van der Waals surface area contributed by atoms with Gasteiger partial charge in [0.1, 0.15) is 5.60 Å². The first kappa shape index (κ1) is 36.8. The van der Waals surface area contributed by atoms with E-state index in [2.05, 4.69) is 10.1 Å². The van der Waals surface area contributed by atoms with Crippen LogP contribution in [0.4, 0.5) is 26.3 Å². The van der Waals surface area contributed by atoms with Crippen LogP contribution in [-0.4, -0.2) is 72.9 Å². The fraction of sp³-hybridized carbons (Fsp3) is 0.828. The molecule has 2 atom stereocenters. The molecule has 2 fully saturated rings. The van der Waals surface area contributed by atoms with Gasteiger partial charge < -0.3 is 24.6 Å². The molecule has 248 valence electrons. The van der Waals surface area contributed by atoms with Gasteiger partial charge in [-0.2, -0.15) is 26.3 Å². The number of aliphatic hydroxyl groups is 1. The fourth-order valence-corrected chi connectivity index (χ4v) is 5.44. The van der Waals surface area contributed by atoms with Crippen molar-refractivity contribution in [1.82, 2.24) is 5.32 Å². The van der Waals surface area contributed by atoms with Gasteiger partial charge in [-0.3, -0.25) is 4.79 Å². The Bertz CT molecular complexity index is 1000. The molecule has 0 radical (unpaired) electrons. The van der Waals surface area contributed by atoms with E-state index < -0.39 is 54.1 Å². The summed E-state index contributed by atoms with van der Waals surface area (Å²) in [5.74, 6) is -3.57. The summed E-state index contributed by atoms with van der Waals surface area (Å²) in [6, 6.07) is 0. The highest BCUT2D eigenvalue weighted by atomic mass is 19.4. The van der Waals surface area contributed by atoms with Crippen LogP contribution in [0.25, 0.3) is 0 Å². The third kappa shape index (κ3) is 10.1. The molecular weight excluding hydrogens is 588 g/mol. The third-order valence-corrected chi connectivity index (χ3v) is 8.09. The van der Waals surface area contributed by atoms with E-state index in [9.17, 15) is 40.7 Å². The molecule has 2 aliphatic rings. The van der Waals surface area contributed by atoms with Crippen LogP contribution in [0.1, 0.15) is 79.6 Å². The number of carbonyl (C=O) groups excluding carboxylic acids is 3. The van der Waals surface area contributed by atoms with Gasteiger partial charge in [-0.15, -0.1) is 0 Å². The molecule has 1 heterocycles. The number of alkyl halides is 6. The first-order valence-electron chi connectivity index (χ1n) is 14.4. The number of nitrogens with one attached hydrogen (secondary N) is 1. The second-order valence-electron chi connectivity index (χ2n) is 13.0. The zero-order valence-corrected chi connectivity index (χ0v) is 25.3. The summed E-state index contributed by atoms with van der Waals surface area (Å²) in [6.45, 7) is 8.29. The highest BCUT2D eigenvalue weighted by Gasteiger charge is 2.76. The second kappa shape index (κ2) is 14.2. The monoisotopic (exact) mass is 631 g/mol. The van der Waals surface area contributed by atoms with Crippen molar-refractivity contribution in [2.45, 2.75) is 103 Å². The predicted molar refractivity (Wildman–Crippen MR) is 142 cm³/mol. The summed E-state index contributed by atoms with van der Waals surface area (Å²) in [5, 5.41) is 12.4. The van der Waals surface area contributed by atoms with Crippen LogP contribution in [0.3, 0.4) is 0 Å². The maximum atomic E-state index is 12.9. The van der Waals surface area contributed by atoms with E-state index in [-0.39, 0.29) is 35.7 Å². The lowest BCUT2D eigenvalue weighted by Crippen LogP contribution is -2.63. The van der Waals surface area contributed by atoms with Crippen molar-refractivity contribution in [2.75, 3.05) is 26.3 Å². The van der Waals surface area contributed by atoms with Crippen molar-refractivity contribution < 1.29 is 60.0 Å². The van der Waals surface area contributed by atoms with E-state index in [4.69, 9.17) is 14.6 Å². The Kier molecular flexibility index (Phi) is 12.1. The zero-order chi connectivity index (χ0) is 32.9. The van der Waals surface area contributed by atoms with Crippen LogP contribution in [0.5, 0.6) is 0 Å². The number of halogens is 6. The van der Waals surface area contributed by atoms with Crippen LogP contribution in [0, 0.1) is 23.2 Å². The van der Waals surface area contributed by atoms with Gasteiger partial charge in [-0.1, -0.05) is 26.3 Å². The minimum absolute atomic E-state index is 0.00657. The molecule has 0 aromatic rings. The van der Waals surface area contributed by atoms with Crippen molar-refractivity contribution in [3.05, 3.63) is 11.6 Å². The van der Waals surface area contributed by atoms with Gasteiger partial charge in [0.2, 0.25) is 0 Å². The number of esters is 3. The van der Waals surface area contributed by atoms with E-state index in [0.717, 1.165) is 45.2 Å². The Morgan fingerprint density at radius 2 is 1.44 bits per heavy atom. The van der Waals surface area contributed by atoms with Crippen LogP contribution >= 0.6 is 0 Å². The minimum Gasteiger partial charge on any atom is -0.462 e. The van der Waals surface area contributed by atoms with Gasteiger partial charge in [-0.25, -0.2) is 9.59 Å². The van der Waals surface area contributed by atoms with Crippen LogP contribution in [0.15, 0.2) is 11.6 Å². The smallest absolute Gasteiger partial charge is 0.437 e. The highest BCUT2D eigenvalue weighted by Crippen LogP contribution is 2.44. The van der Waals surface area contributed by atoms with Crippen LogP contribution < -0.4 is 5.32 Å². The Hall–Kier alpha value is -2.35. The molecule has 2 unspecified atom stereocenters. The maximum Gasteiger partial charge on any atom is 0.437 e. The molecule has 1 saturated carbocycles. The Labute approximate surface area is 247 Å². The Morgan fingerprint density at radius 1 is 0.884 bits per heavy atom. The van der Waals surface area contributed by atoms with Gasteiger partial charge in [0, 0.05) is 23.3 Å². The number of rotatable bonds is 11. The molecule has 0 aromatic carbocycles. The molecule has 14 heteroatoms. The molecule has 0 spiro atoms. The molecule has 8 nitrogen and oxygen atoms in total. The predicted octanol–water partition coefficient (Wildman–Crippen LogP) is 5.42. The molecule has 0 bridgehead atoms. The molecule has 2 rings (SSSR count). The first-order valence-corrected chi connectivity index (χ1v) is 14.4. The molecule has 0 aromatic heterocycles. The van der Waals surface area contributed by atoms with Crippen molar-refractivity contribution in [2.24, 2.45) is 23.2 Å². The third-order valence-electron chi connectivity index (χ3n) is 8.09. The maximum absolute atomic E-state index is 12.9. The number of ether oxygens (including phenoxy) is 3. The van der Waals surface area contributed by atoms with Gasteiger partial charge in [0.15, 0.2) is 0 Å². The molecule has 2 N–H and O–H groups in total. The lowest BCUT2D eigenvalue weighted by atomic mass is 9.79. The highest BCUT2D eigenvalue weighted by molar-refractivity contribution is 5.87. The van der Waals surface area contributed by atoms with E-state index in [1.165, 1.54) is 20.8 Å². The van der Waals surface area contributed by atoms with Gasteiger partial charge in [-0.05, 0) is 77.8 Å². The van der Waals surface area contributed by atoms with E-state index >= 15 is 0 Å². The van der Waals surface area contributed by atoms with Crippen molar-refractivity contribution in [3.8, 4) is 0 Å². The second-order valence-corrected chi connectivity index (χ2v) is 13.0. The van der Waals surface area contributed by atoms with E-state index in [0.29, 0.717) is 6.42 Å². The SMILES string of the molecule is C/C(=C\C1CCCC(CC(=O)OC(C)(C)C2CCNCC2)C1)C(=O)OCC(C)(C)COC(=O)C(O)(C(F)(F)F)C(F)(F)F. The Balaban J connectivity index is 1.87. The van der Waals surface area contributed by atoms with Crippen molar-refractivity contribution in [1.29, 1.82) is 0 Å². The van der Waals surface area contributed by atoms with Crippen LogP contribution in [0.2, 0.25) is 0 Å².